The van der Waals surface area contributed by atoms with Crippen LogP contribution in [0.4, 0.5) is 0 Å². The predicted molar refractivity (Wildman–Crippen MR) is 105 cm³/mol. The van der Waals surface area contributed by atoms with Crippen molar-refractivity contribution in [3.63, 3.8) is 0 Å². The van der Waals surface area contributed by atoms with Gasteiger partial charge in [-0.15, -0.1) is 0 Å². The van der Waals surface area contributed by atoms with E-state index in [2.05, 4.69) is 60.6 Å². The highest BCUT2D eigenvalue weighted by atomic mass is 16.2. The Morgan fingerprint density at radius 2 is 1.81 bits per heavy atom. The Morgan fingerprint density at radius 3 is 2.54 bits per heavy atom. The van der Waals surface area contributed by atoms with Crippen molar-refractivity contribution >= 4 is 5.91 Å². The van der Waals surface area contributed by atoms with Crippen LogP contribution in [0.3, 0.4) is 0 Å². The summed E-state index contributed by atoms with van der Waals surface area (Å²) in [6.45, 7) is 2.73. The van der Waals surface area contributed by atoms with E-state index in [1.54, 1.807) is 0 Å². The van der Waals surface area contributed by atoms with Crippen LogP contribution in [0.25, 0.3) is 0 Å². The Bertz CT molecular complexity index is 756. The average Bonchev–Trinajstić information content (AvgIpc) is 2.90. The van der Waals surface area contributed by atoms with Crippen molar-refractivity contribution in [3.05, 3.63) is 71.3 Å². The molecule has 136 valence electrons. The molecular weight excluding hydrogens is 320 g/mol. The van der Waals surface area contributed by atoms with Crippen LogP contribution in [0.1, 0.15) is 41.9 Å². The number of amides is 1. The van der Waals surface area contributed by atoms with Gasteiger partial charge in [0.15, 0.2) is 0 Å². The molecule has 2 aliphatic rings. The molecule has 0 aromatic heterocycles. The smallest absolute Gasteiger partial charge is 0.225 e. The normalized spacial score (nSPS) is 28.1. The Balaban J connectivity index is 1.56. The molecule has 2 aliphatic heterocycles. The Kier molecular flexibility index (Phi) is 4.82. The molecule has 4 rings (SSSR count). The van der Waals surface area contributed by atoms with Gasteiger partial charge < -0.3 is 5.32 Å². The van der Waals surface area contributed by atoms with E-state index in [1.807, 2.05) is 18.2 Å². The summed E-state index contributed by atoms with van der Waals surface area (Å²) in [6.07, 6.45) is 3.43. The fraction of sp³-hybridized carbons (Fsp3) is 0.435. The first-order chi connectivity index (χ1) is 12.6. The maximum Gasteiger partial charge on any atom is 0.225 e. The molecule has 3 heteroatoms. The summed E-state index contributed by atoms with van der Waals surface area (Å²) in [5.41, 5.74) is 3.75. The molecule has 2 aromatic rings. The van der Waals surface area contributed by atoms with Gasteiger partial charge >= 0.3 is 0 Å². The third-order valence-electron chi connectivity index (χ3n) is 6.39. The maximum atomic E-state index is 13.2. The number of hydrogen-bond acceptors (Lipinski definition) is 2. The molecule has 2 heterocycles. The highest BCUT2D eigenvalue weighted by Crippen LogP contribution is 2.46. The monoisotopic (exact) mass is 348 g/mol. The lowest BCUT2D eigenvalue weighted by atomic mass is 9.75. The average molecular weight is 348 g/mol. The van der Waals surface area contributed by atoms with Gasteiger partial charge in [0.05, 0.1) is 5.92 Å². The molecule has 2 fully saturated rings. The number of piperidine rings is 1. The van der Waals surface area contributed by atoms with Gasteiger partial charge in [-0.05, 0) is 50.3 Å². The number of rotatable bonds is 4. The first-order valence-corrected chi connectivity index (χ1v) is 9.73. The highest BCUT2D eigenvalue weighted by molar-refractivity contribution is 5.81. The van der Waals surface area contributed by atoms with E-state index >= 15 is 0 Å². The topological polar surface area (TPSA) is 32.3 Å². The van der Waals surface area contributed by atoms with Crippen molar-refractivity contribution in [2.24, 2.45) is 5.92 Å². The summed E-state index contributed by atoms with van der Waals surface area (Å²) in [5.74, 6) is 0.557. The van der Waals surface area contributed by atoms with Crippen molar-refractivity contribution in [1.82, 2.24) is 10.2 Å². The second kappa shape index (κ2) is 7.24. The minimum Gasteiger partial charge on any atom is -0.352 e. The number of benzene rings is 2. The summed E-state index contributed by atoms with van der Waals surface area (Å²) in [7, 11) is 2.20. The molecule has 3 nitrogen and oxygen atoms in total. The molecule has 2 bridgehead atoms. The van der Waals surface area contributed by atoms with Crippen LogP contribution in [0.2, 0.25) is 0 Å². The van der Waals surface area contributed by atoms with Gasteiger partial charge in [0.2, 0.25) is 5.91 Å². The first kappa shape index (κ1) is 17.3. The number of nitrogens with zero attached hydrogens (tertiary/aromatic N) is 1. The predicted octanol–water partition coefficient (Wildman–Crippen LogP) is 3.88. The molecule has 2 saturated heterocycles. The van der Waals surface area contributed by atoms with E-state index in [-0.39, 0.29) is 11.8 Å². The molecule has 0 spiro atoms. The molecule has 0 aliphatic carbocycles. The maximum absolute atomic E-state index is 13.2. The van der Waals surface area contributed by atoms with Gasteiger partial charge in [0, 0.05) is 18.6 Å². The fourth-order valence-corrected chi connectivity index (χ4v) is 4.88. The van der Waals surface area contributed by atoms with E-state index < -0.39 is 0 Å². The first-order valence-electron chi connectivity index (χ1n) is 9.73. The lowest BCUT2D eigenvalue weighted by Crippen LogP contribution is -2.51. The van der Waals surface area contributed by atoms with Crippen LogP contribution in [-0.4, -0.2) is 29.9 Å². The lowest BCUT2D eigenvalue weighted by molar-refractivity contribution is -0.129. The van der Waals surface area contributed by atoms with E-state index in [1.165, 1.54) is 17.5 Å². The van der Waals surface area contributed by atoms with E-state index in [0.29, 0.717) is 24.5 Å². The molecule has 1 N–H and O–H groups in total. The summed E-state index contributed by atoms with van der Waals surface area (Å²) in [6, 6.07) is 20.0. The Labute approximate surface area is 156 Å². The molecular formula is C23H28N2O. The summed E-state index contributed by atoms with van der Waals surface area (Å²) in [4.78, 5) is 15.7. The van der Waals surface area contributed by atoms with Gasteiger partial charge in [0.1, 0.15) is 0 Å². The van der Waals surface area contributed by atoms with Gasteiger partial charge in [-0.1, -0.05) is 60.2 Å². The number of carbonyl (C=O) groups is 1. The summed E-state index contributed by atoms with van der Waals surface area (Å²) in [5, 5.41) is 3.22. The van der Waals surface area contributed by atoms with E-state index in [4.69, 9.17) is 0 Å². The zero-order valence-electron chi connectivity index (χ0n) is 15.7. The number of hydrogen-bond donors (Lipinski definition) is 1. The van der Waals surface area contributed by atoms with Gasteiger partial charge in [-0.25, -0.2) is 0 Å². The quantitative estimate of drug-likeness (QED) is 0.909. The third-order valence-corrected chi connectivity index (χ3v) is 6.39. The van der Waals surface area contributed by atoms with Gasteiger partial charge in [-0.2, -0.15) is 0 Å². The Hall–Kier alpha value is -2.13. The van der Waals surface area contributed by atoms with Crippen LogP contribution in [0.5, 0.6) is 0 Å². The standard InChI is InChI=1S/C23H28N2O/c1-16-8-10-18(11-9-16)20-14-19-12-13-21(25(19)2)22(20)23(26)24-15-17-6-4-3-5-7-17/h3-11,19-22H,12-15H2,1-2H3,(H,24,26)/t19-,20+,21+,22-/m0/s1. The number of aryl methyl sites for hydroxylation is 1. The lowest BCUT2D eigenvalue weighted by Gasteiger charge is -2.42. The van der Waals surface area contributed by atoms with Crippen LogP contribution in [0.15, 0.2) is 54.6 Å². The SMILES string of the molecule is Cc1ccc([C@H]2C[C@@H]3CC[C@H]([C@H]2C(=O)NCc2ccccc2)N3C)cc1. The van der Waals surface area contributed by atoms with Crippen molar-refractivity contribution in [2.45, 2.75) is 50.7 Å². The van der Waals surface area contributed by atoms with Crippen molar-refractivity contribution < 1.29 is 4.79 Å². The molecule has 4 atom stereocenters. The molecule has 0 radical (unpaired) electrons. The number of fused-ring (bicyclic) bond motifs is 2. The fourth-order valence-electron chi connectivity index (χ4n) is 4.88. The summed E-state index contributed by atoms with van der Waals surface area (Å²) >= 11 is 0. The number of carbonyl (C=O) groups excluding carboxylic acids is 1. The zero-order chi connectivity index (χ0) is 18.1. The van der Waals surface area contributed by atoms with Crippen LogP contribution < -0.4 is 5.32 Å². The molecule has 2 aromatic carbocycles. The summed E-state index contributed by atoms with van der Waals surface area (Å²) < 4.78 is 0. The van der Waals surface area contributed by atoms with Crippen molar-refractivity contribution in [3.8, 4) is 0 Å². The van der Waals surface area contributed by atoms with Crippen molar-refractivity contribution in [2.75, 3.05) is 7.05 Å². The largest absolute Gasteiger partial charge is 0.352 e. The van der Waals surface area contributed by atoms with Crippen LogP contribution >= 0.6 is 0 Å². The second-order valence-corrected chi connectivity index (χ2v) is 7.95. The minimum atomic E-state index is 0.0326. The van der Waals surface area contributed by atoms with E-state index in [9.17, 15) is 4.79 Å². The number of nitrogens with one attached hydrogen (secondary N) is 1. The van der Waals surface area contributed by atoms with Crippen molar-refractivity contribution in [1.29, 1.82) is 0 Å². The third kappa shape index (κ3) is 3.28. The molecule has 1 amide bonds. The van der Waals surface area contributed by atoms with E-state index in [0.717, 1.165) is 18.4 Å². The molecule has 0 saturated carbocycles. The van der Waals surface area contributed by atoms with Crippen LogP contribution in [0, 0.1) is 12.8 Å². The minimum absolute atomic E-state index is 0.0326. The molecule has 26 heavy (non-hydrogen) atoms. The Morgan fingerprint density at radius 1 is 1.08 bits per heavy atom. The van der Waals surface area contributed by atoms with Gasteiger partial charge in [-0.3, -0.25) is 9.69 Å². The second-order valence-electron chi connectivity index (χ2n) is 7.95. The van der Waals surface area contributed by atoms with Gasteiger partial charge in [0.25, 0.3) is 0 Å². The zero-order valence-corrected chi connectivity index (χ0v) is 15.7. The highest BCUT2D eigenvalue weighted by Gasteiger charge is 2.48. The molecule has 0 unspecified atom stereocenters. The van der Waals surface area contributed by atoms with Crippen LogP contribution in [-0.2, 0) is 11.3 Å².